The topological polar surface area (TPSA) is 0 Å². The van der Waals surface area contributed by atoms with Crippen molar-refractivity contribution in [1.82, 2.24) is 0 Å². The second-order valence-electron chi connectivity index (χ2n) is 13.6. The highest BCUT2D eigenvalue weighted by molar-refractivity contribution is 4.64. The first-order valence-electron chi connectivity index (χ1n) is 19.0. The van der Waals surface area contributed by atoms with Crippen LogP contribution in [0, 0.1) is 0 Å². The van der Waals surface area contributed by atoms with Gasteiger partial charge in [-0.05, 0) is 51.4 Å². The third-order valence-electron chi connectivity index (χ3n) is 9.71. The van der Waals surface area contributed by atoms with Gasteiger partial charge in [-0.15, -0.1) is 0 Å². The highest BCUT2D eigenvalue weighted by Gasteiger charge is 2.31. The van der Waals surface area contributed by atoms with Crippen LogP contribution in [-0.4, -0.2) is 30.7 Å². The van der Waals surface area contributed by atoms with Gasteiger partial charge < -0.3 is 4.48 Å². The average molecular weight is 551 g/mol. The molecule has 0 radical (unpaired) electrons. The molecule has 0 atom stereocenters. The third-order valence-corrected chi connectivity index (χ3v) is 9.71. The molecule has 1 nitrogen and oxygen atoms in total. The van der Waals surface area contributed by atoms with Gasteiger partial charge in [-0.2, -0.15) is 0 Å². The van der Waals surface area contributed by atoms with E-state index in [-0.39, 0.29) is 0 Å². The van der Waals surface area contributed by atoms with Crippen LogP contribution in [0.4, 0.5) is 0 Å². The van der Waals surface area contributed by atoms with Gasteiger partial charge in [0.15, 0.2) is 0 Å². The fraction of sp³-hybridized carbons (Fsp3) is 1.00. The predicted molar refractivity (Wildman–Crippen MR) is 181 cm³/mol. The molecule has 0 amide bonds. The smallest absolute Gasteiger partial charge is 0.0888 e. The Morgan fingerprint density at radius 1 is 0.308 bits per heavy atom. The van der Waals surface area contributed by atoms with Gasteiger partial charge in [0.05, 0.1) is 26.2 Å². The molecule has 0 aromatic heterocycles. The van der Waals surface area contributed by atoms with E-state index in [0.29, 0.717) is 0 Å². The van der Waals surface area contributed by atoms with Crippen molar-refractivity contribution in [2.24, 2.45) is 0 Å². The first-order chi connectivity index (χ1) is 19.1. The Kier molecular flexibility index (Phi) is 30.9. The minimum absolute atomic E-state index is 0.913. The lowest BCUT2D eigenvalue weighted by Crippen LogP contribution is -2.53. The molecule has 0 aliphatic carbocycles. The lowest BCUT2D eigenvalue weighted by molar-refractivity contribution is -0.934. The molecular formula is C38H80N+. The summed E-state index contributed by atoms with van der Waals surface area (Å²) in [6.07, 6.45) is 43.6. The fourth-order valence-electron chi connectivity index (χ4n) is 6.78. The van der Waals surface area contributed by atoms with Crippen LogP contribution in [0.2, 0.25) is 0 Å². The van der Waals surface area contributed by atoms with Gasteiger partial charge in [-0.3, -0.25) is 0 Å². The highest BCUT2D eigenvalue weighted by Crippen LogP contribution is 2.26. The van der Waals surface area contributed by atoms with Crippen LogP contribution in [0.1, 0.15) is 220 Å². The summed E-state index contributed by atoms with van der Waals surface area (Å²) < 4.78 is 1.40. The molecule has 39 heavy (non-hydrogen) atoms. The summed E-state index contributed by atoms with van der Waals surface area (Å²) in [5.41, 5.74) is 0. The van der Waals surface area contributed by atoms with Crippen molar-refractivity contribution < 1.29 is 4.48 Å². The summed E-state index contributed by atoms with van der Waals surface area (Å²) >= 11 is 0. The summed E-state index contributed by atoms with van der Waals surface area (Å²) in [7, 11) is 2.69. The van der Waals surface area contributed by atoms with Crippen molar-refractivity contribution >= 4 is 0 Å². The summed E-state index contributed by atoms with van der Waals surface area (Å²) in [5, 5.41) is 0. The van der Waals surface area contributed by atoms with Crippen molar-refractivity contribution in [3.05, 3.63) is 0 Å². The third kappa shape index (κ3) is 25.4. The van der Waals surface area contributed by atoms with Crippen LogP contribution in [0.5, 0.6) is 0 Å². The molecule has 0 spiro atoms. The number of hydrogen-bond acceptors (Lipinski definition) is 0. The van der Waals surface area contributed by atoms with E-state index in [4.69, 9.17) is 0 Å². The zero-order valence-corrected chi connectivity index (χ0v) is 28.7. The van der Waals surface area contributed by atoms with E-state index >= 15 is 0 Å². The maximum Gasteiger partial charge on any atom is 0.0888 e. The Hall–Kier alpha value is -0.0400. The standard InChI is InChI=1S/C38H80N/c1-6-10-14-18-22-24-26-30-34-38(35-31-27-25-23-19-15-11-7-2)39(5,36-32-28-20-16-12-8-3)37-33-29-21-17-13-9-4/h38H,6-37H2,1-5H3/q+1. The van der Waals surface area contributed by atoms with Crippen LogP contribution in [0.15, 0.2) is 0 Å². The quantitative estimate of drug-likeness (QED) is 0.0563. The molecule has 0 rings (SSSR count). The molecule has 0 saturated heterocycles. The van der Waals surface area contributed by atoms with Crippen LogP contribution in [0.3, 0.4) is 0 Å². The molecular weight excluding hydrogens is 470 g/mol. The van der Waals surface area contributed by atoms with E-state index < -0.39 is 0 Å². The minimum Gasteiger partial charge on any atom is -0.324 e. The fourth-order valence-corrected chi connectivity index (χ4v) is 6.78. The Balaban J connectivity index is 4.90. The number of unbranched alkanes of at least 4 members (excludes halogenated alkanes) is 24. The van der Waals surface area contributed by atoms with Gasteiger partial charge in [0.1, 0.15) is 0 Å². The SMILES string of the molecule is CCCCCCCCCCC(CCCCCCCCCC)[N+](C)(CCCCCCCC)CCCCCCCC. The lowest BCUT2D eigenvalue weighted by atomic mass is 9.95. The van der Waals surface area contributed by atoms with Gasteiger partial charge in [0, 0.05) is 0 Å². The Morgan fingerprint density at radius 3 is 0.821 bits per heavy atom. The number of rotatable bonds is 33. The Bertz CT molecular complexity index is 408. The van der Waals surface area contributed by atoms with Gasteiger partial charge >= 0.3 is 0 Å². The first-order valence-corrected chi connectivity index (χ1v) is 19.0. The largest absolute Gasteiger partial charge is 0.324 e. The van der Waals surface area contributed by atoms with Crippen molar-refractivity contribution in [3.8, 4) is 0 Å². The van der Waals surface area contributed by atoms with E-state index in [9.17, 15) is 0 Å². The molecule has 0 aliphatic heterocycles. The molecule has 0 saturated carbocycles. The van der Waals surface area contributed by atoms with Crippen molar-refractivity contribution in [3.63, 3.8) is 0 Å². The van der Waals surface area contributed by atoms with E-state index in [1.165, 1.54) is 210 Å². The maximum atomic E-state index is 2.69. The lowest BCUT2D eigenvalue weighted by Gasteiger charge is -2.43. The molecule has 0 heterocycles. The second-order valence-corrected chi connectivity index (χ2v) is 13.6. The van der Waals surface area contributed by atoms with Gasteiger partial charge in [-0.1, -0.05) is 169 Å². The zero-order chi connectivity index (χ0) is 28.7. The van der Waals surface area contributed by atoms with Crippen molar-refractivity contribution in [2.75, 3.05) is 20.1 Å². The van der Waals surface area contributed by atoms with Crippen LogP contribution in [-0.2, 0) is 0 Å². The number of nitrogens with zero attached hydrogens (tertiary/aromatic N) is 1. The van der Waals surface area contributed by atoms with Crippen LogP contribution >= 0.6 is 0 Å². The minimum atomic E-state index is 0.913. The molecule has 1 heteroatoms. The molecule has 0 unspecified atom stereocenters. The van der Waals surface area contributed by atoms with E-state index in [1.54, 1.807) is 0 Å². The summed E-state index contributed by atoms with van der Waals surface area (Å²) in [5.74, 6) is 0. The van der Waals surface area contributed by atoms with E-state index in [0.717, 1.165) is 6.04 Å². The Morgan fingerprint density at radius 2 is 0.538 bits per heavy atom. The molecule has 0 N–H and O–H groups in total. The van der Waals surface area contributed by atoms with Gasteiger partial charge in [0.25, 0.3) is 0 Å². The molecule has 0 fully saturated rings. The van der Waals surface area contributed by atoms with Crippen molar-refractivity contribution in [1.29, 1.82) is 0 Å². The number of quaternary nitrogens is 1. The molecule has 0 bridgehead atoms. The molecule has 236 valence electrons. The second kappa shape index (κ2) is 30.9. The molecule has 0 aliphatic rings. The summed E-state index contributed by atoms with van der Waals surface area (Å²) in [6.45, 7) is 12.2. The Labute approximate surface area is 250 Å². The van der Waals surface area contributed by atoms with E-state index in [2.05, 4.69) is 34.7 Å². The average Bonchev–Trinajstić information content (AvgIpc) is 2.94. The molecule has 0 aromatic rings. The summed E-state index contributed by atoms with van der Waals surface area (Å²) in [4.78, 5) is 0. The molecule has 0 aromatic carbocycles. The van der Waals surface area contributed by atoms with Gasteiger partial charge in [-0.25, -0.2) is 0 Å². The first kappa shape index (κ1) is 39.0. The van der Waals surface area contributed by atoms with Crippen molar-refractivity contribution in [2.45, 2.75) is 226 Å². The summed E-state index contributed by atoms with van der Waals surface area (Å²) in [6, 6.07) is 0.913. The highest BCUT2D eigenvalue weighted by atomic mass is 15.4. The zero-order valence-electron chi connectivity index (χ0n) is 28.7. The van der Waals surface area contributed by atoms with Crippen LogP contribution < -0.4 is 0 Å². The maximum absolute atomic E-state index is 2.69. The monoisotopic (exact) mass is 551 g/mol. The van der Waals surface area contributed by atoms with Gasteiger partial charge in [0.2, 0.25) is 0 Å². The normalized spacial score (nSPS) is 12.2. The van der Waals surface area contributed by atoms with E-state index in [1.807, 2.05) is 0 Å². The van der Waals surface area contributed by atoms with Crippen LogP contribution in [0.25, 0.3) is 0 Å². The number of hydrogen-bond donors (Lipinski definition) is 0. The predicted octanol–water partition coefficient (Wildman–Crippen LogP) is 13.6.